The molecule has 9 rings (SSSR count). The van der Waals surface area contributed by atoms with Crippen molar-refractivity contribution >= 4 is 32.3 Å². The molecular weight excluding hydrogens is 869 g/mol. The molecule has 9 aromatic rings. The number of rotatable bonds is 8. The van der Waals surface area contributed by atoms with Gasteiger partial charge in [-0.2, -0.15) is 0 Å². The summed E-state index contributed by atoms with van der Waals surface area (Å²) in [7, 11) is 0. The zero-order valence-electron chi connectivity index (χ0n) is 42.2. The van der Waals surface area contributed by atoms with Gasteiger partial charge in [0.05, 0.1) is 13.7 Å². The second-order valence-corrected chi connectivity index (χ2v) is 14.7. The van der Waals surface area contributed by atoms with E-state index >= 15 is 0 Å². The summed E-state index contributed by atoms with van der Waals surface area (Å²) in [5.41, 5.74) is 6.47. The predicted octanol–water partition coefficient (Wildman–Crippen LogP) is 14.3. The van der Waals surface area contributed by atoms with Crippen molar-refractivity contribution in [3.8, 4) is 44.8 Å². The third-order valence-electron chi connectivity index (χ3n) is 9.59. The molecule has 283 valence electrons. The number of aromatic nitrogens is 2. The van der Waals surface area contributed by atoms with Gasteiger partial charge in [0.15, 0.2) is 0 Å². The van der Waals surface area contributed by atoms with Crippen molar-refractivity contribution in [2.45, 2.75) is 40.5 Å². The Bertz CT molecular complexity index is 3160. The quantitative estimate of drug-likeness (QED) is 0.112. The minimum atomic E-state index is -0.479. The first-order chi connectivity index (χ1) is 31.5. The molecule has 0 unspecified atom stereocenters. The molecule has 2 nitrogen and oxygen atoms in total. The maximum atomic E-state index is 8.21. The molecule has 7 aromatic carbocycles. The standard InChI is InChI=1S/C31H30N.C23H16N.Ir/c1-20(2)15-22-17-23(16-21(3)4)19-25(18-22)31-30-12-11-27-26-8-6-5-7-24(26)9-10-28(27)29(30)13-14-32-31;1-3-8-18(9-4-1)20-12-7-13-22(16-20)23-17-21(14-15-24-23)19-10-5-2-6-11-19;/h5-14,17-18,20-21H,15-16H2,1-4H3;1-12,14-17H;/q2*-1;/i;1D,2D,3D,4D,5D,6D,8D,9D,10D,11D;. The first-order valence-electron chi connectivity index (χ1n) is 23.9. The van der Waals surface area contributed by atoms with Crippen molar-refractivity contribution in [2.75, 3.05) is 0 Å². The molecule has 0 aliphatic carbocycles. The fraction of sp³-hybridized carbons (Fsp3) is 0.148. The van der Waals surface area contributed by atoms with Crippen molar-refractivity contribution in [1.82, 2.24) is 9.97 Å². The summed E-state index contributed by atoms with van der Waals surface area (Å²) in [5.74, 6) is 1.22. The maximum absolute atomic E-state index is 8.21. The monoisotopic (exact) mass is 925 g/mol. The van der Waals surface area contributed by atoms with E-state index in [-0.39, 0.29) is 55.4 Å². The molecule has 0 saturated carbocycles. The third kappa shape index (κ3) is 9.13. The summed E-state index contributed by atoms with van der Waals surface area (Å²) >= 11 is 0. The zero-order valence-corrected chi connectivity index (χ0v) is 34.6. The fourth-order valence-corrected chi connectivity index (χ4v) is 7.22. The fourth-order valence-electron chi connectivity index (χ4n) is 7.22. The smallest absolute Gasteiger partial charge is 0.0629 e. The third-order valence-corrected chi connectivity index (χ3v) is 9.59. The van der Waals surface area contributed by atoms with Gasteiger partial charge in [-0.25, -0.2) is 0 Å². The van der Waals surface area contributed by atoms with Crippen LogP contribution in [0.1, 0.15) is 52.5 Å². The van der Waals surface area contributed by atoms with Crippen LogP contribution < -0.4 is 0 Å². The molecule has 0 fully saturated rings. The minimum absolute atomic E-state index is 0. The normalized spacial score (nSPS) is 13.6. The molecule has 0 bridgehead atoms. The van der Waals surface area contributed by atoms with Gasteiger partial charge in [0.2, 0.25) is 0 Å². The molecule has 2 heterocycles. The first kappa shape index (κ1) is 28.6. The SMILES string of the molecule is CC(C)Cc1[c-]c(-c2nccc3c2ccc2c4ccccc4ccc32)cc(CC(C)C)c1.[2H]c1c([2H])c([2H])c(-c2cc[c-]c(-c3cc(-c4c([2H])c([2H])c([2H])c([2H])c4[2H])ccn3)c2)c([2H])c1[2H].[Ir]. The number of nitrogens with zero attached hydrogens (tertiary/aromatic N) is 2. The van der Waals surface area contributed by atoms with E-state index < -0.39 is 36.3 Å². The van der Waals surface area contributed by atoms with Crippen molar-refractivity contribution < 1.29 is 33.8 Å². The second kappa shape index (κ2) is 18.0. The summed E-state index contributed by atoms with van der Waals surface area (Å²) < 4.78 is 80.0. The summed E-state index contributed by atoms with van der Waals surface area (Å²) in [4.78, 5) is 9.16. The van der Waals surface area contributed by atoms with Crippen LogP contribution in [-0.2, 0) is 32.9 Å². The largest absolute Gasteiger partial charge is 0.305 e. The topological polar surface area (TPSA) is 25.8 Å². The van der Waals surface area contributed by atoms with Crippen molar-refractivity contribution in [2.24, 2.45) is 11.8 Å². The molecule has 0 atom stereocenters. The van der Waals surface area contributed by atoms with Crippen LogP contribution in [0.15, 0.2) is 170 Å². The van der Waals surface area contributed by atoms with Gasteiger partial charge in [-0.05, 0) is 97.2 Å². The number of fused-ring (bicyclic) bond motifs is 5. The van der Waals surface area contributed by atoms with Crippen LogP contribution in [0.5, 0.6) is 0 Å². The Morgan fingerprint density at radius 2 is 1.18 bits per heavy atom. The van der Waals surface area contributed by atoms with Crippen LogP contribution in [0.4, 0.5) is 0 Å². The Kier molecular flexibility index (Phi) is 9.06. The van der Waals surface area contributed by atoms with Crippen LogP contribution in [0.3, 0.4) is 0 Å². The molecule has 3 heteroatoms. The summed E-state index contributed by atoms with van der Waals surface area (Å²) in [6.45, 7) is 9.11. The number of hydrogen-bond acceptors (Lipinski definition) is 2. The zero-order chi connectivity index (χ0) is 47.1. The molecule has 0 saturated heterocycles. The van der Waals surface area contributed by atoms with Crippen molar-refractivity contribution in [3.63, 3.8) is 0 Å². The van der Waals surface area contributed by atoms with Crippen LogP contribution in [0.2, 0.25) is 0 Å². The van der Waals surface area contributed by atoms with Crippen molar-refractivity contribution in [1.29, 1.82) is 0 Å². The summed E-state index contributed by atoms with van der Waals surface area (Å²) in [6, 6.07) is 34.9. The molecule has 0 N–H and O–H groups in total. The van der Waals surface area contributed by atoms with Gasteiger partial charge < -0.3 is 9.97 Å². The number of hydrogen-bond donors (Lipinski definition) is 0. The Hall–Kier alpha value is -5.73. The number of pyridine rings is 2. The Labute approximate surface area is 365 Å². The number of benzene rings is 7. The van der Waals surface area contributed by atoms with Crippen LogP contribution in [0, 0.1) is 24.0 Å². The van der Waals surface area contributed by atoms with Crippen molar-refractivity contribution in [3.05, 3.63) is 193 Å². The van der Waals surface area contributed by atoms with E-state index in [1.54, 1.807) is 24.3 Å². The van der Waals surface area contributed by atoms with Gasteiger partial charge in [0, 0.05) is 32.5 Å². The Morgan fingerprint density at radius 1 is 0.544 bits per heavy atom. The van der Waals surface area contributed by atoms with E-state index in [0.29, 0.717) is 34.2 Å². The van der Waals surface area contributed by atoms with E-state index in [2.05, 4.69) is 112 Å². The molecule has 0 amide bonds. The molecular formula is C54H46IrN2-2. The molecule has 0 aliphatic heterocycles. The molecule has 0 aliphatic rings. The van der Waals surface area contributed by atoms with Crippen LogP contribution in [-0.4, -0.2) is 9.97 Å². The van der Waals surface area contributed by atoms with Gasteiger partial charge in [0.1, 0.15) is 0 Å². The summed E-state index contributed by atoms with van der Waals surface area (Å²) in [5, 5.41) is 7.61. The second-order valence-electron chi connectivity index (χ2n) is 14.7. The molecule has 57 heavy (non-hydrogen) atoms. The van der Waals surface area contributed by atoms with Crippen LogP contribution >= 0.6 is 0 Å². The predicted molar refractivity (Wildman–Crippen MR) is 237 cm³/mol. The van der Waals surface area contributed by atoms with Gasteiger partial charge in [-0.15, -0.1) is 70.3 Å². The maximum Gasteiger partial charge on any atom is 0.0629 e. The van der Waals surface area contributed by atoms with Crippen LogP contribution in [0.25, 0.3) is 77.1 Å². The van der Waals surface area contributed by atoms with E-state index in [4.69, 9.17) is 18.7 Å². The Morgan fingerprint density at radius 3 is 1.91 bits per heavy atom. The Balaban J connectivity index is 0.000000196. The molecule has 0 spiro atoms. The molecule has 1 radical (unpaired) electrons. The average Bonchev–Trinajstić information content (AvgIpc) is 3.31. The minimum Gasteiger partial charge on any atom is -0.305 e. The van der Waals surface area contributed by atoms with E-state index in [1.165, 1.54) is 55.7 Å². The summed E-state index contributed by atoms with van der Waals surface area (Å²) in [6.07, 6.45) is 5.51. The van der Waals surface area contributed by atoms with E-state index in [1.807, 2.05) is 6.20 Å². The van der Waals surface area contributed by atoms with Gasteiger partial charge in [-0.3, -0.25) is 0 Å². The van der Waals surface area contributed by atoms with E-state index in [0.717, 1.165) is 24.1 Å². The molecule has 2 aromatic heterocycles. The first-order valence-corrected chi connectivity index (χ1v) is 18.9. The average molecular weight is 925 g/mol. The van der Waals surface area contributed by atoms with Gasteiger partial charge >= 0.3 is 0 Å². The van der Waals surface area contributed by atoms with Gasteiger partial charge in [-0.1, -0.05) is 143 Å². The van der Waals surface area contributed by atoms with E-state index in [9.17, 15) is 0 Å². The van der Waals surface area contributed by atoms with Gasteiger partial charge in [0.25, 0.3) is 0 Å².